The summed E-state index contributed by atoms with van der Waals surface area (Å²) in [5.74, 6) is -0.609. The Morgan fingerprint density at radius 1 is 1.14 bits per heavy atom. The van der Waals surface area contributed by atoms with Gasteiger partial charge in [0, 0.05) is 50.1 Å². The van der Waals surface area contributed by atoms with Crippen molar-refractivity contribution in [2.45, 2.75) is 25.1 Å². The van der Waals surface area contributed by atoms with E-state index in [1.54, 1.807) is 4.90 Å². The topological polar surface area (TPSA) is 81.7 Å². The molecule has 6 nitrogen and oxygen atoms in total. The van der Waals surface area contributed by atoms with Crippen LogP contribution in [0.1, 0.15) is 28.8 Å². The van der Waals surface area contributed by atoms with E-state index in [4.69, 9.17) is 0 Å². The molecule has 3 N–H and O–H groups in total. The Balaban J connectivity index is 1.47. The highest BCUT2D eigenvalue weighted by atomic mass is 19.4. The zero-order valence-corrected chi connectivity index (χ0v) is 15.3. The number of nitrogens with zero attached hydrogens (tertiary/aromatic N) is 1. The smallest absolute Gasteiger partial charge is 0.391 e. The van der Waals surface area contributed by atoms with Crippen LogP contribution in [0, 0.1) is 11.8 Å². The summed E-state index contributed by atoms with van der Waals surface area (Å²) in [4.78, 5) is 26.4. The average Bonchev–Trinajstić information content (AvgIpc) is 3.10. The van der Waals surface area contributed by atoms with Crippen LogP contribution in [0.25, 0.3) is 0 Å². The molecule has 0 aliphatic carbocycles. The zero-order chi connectivity index (χ0) is 20.3. The Bertz CT molecular complexity index is 701. The van der Waals surface area contributed by atoms with Gasteiger partial charge in [-0.2, -0.15) is 13.2 Å². The highest BCUT2D eigenvalue weighted by molar-refractivity contribution is 5.94. The van der Waals surface area contributed by atoms with Crippen LogP contribution in [0.5, 0.6) is 0 Å². The number of aliphatic hydroxyl groups is 1. The summed E-state index contributed by atoms with van der Waals surface area (Å²) in [6.45, 7) is 2.38. The summed E-state index contributed by atoms with van der Waals surface area (Å²) in [6.07, 6.45) is -3.88. The number of likely N-dealkylation sites (tertiary alicyclic amines) is 1. The molecule has 2 amide bonds. The van der Waals surface area contributed by atoms with Crippen LogP contribution >= 0.6 is 0 Å². The van der Waals surface area contributed by atoms with Crippen molar-refractivity contribution in [1.82, 2.24) is 15.5 Å². The molecule has 2 aliphatic rings. The van der Waals surface area contributed by atoms with Crippen LogP contribution in [0.4, 0.5) is 13.2 Å². The van der Waals surface area contributed by atoms with Crippen molar-refractivity contribution < 1.29 is 27.9 Å². The summed E-state index contributed by atoms with van der Waals surface area (Å²) < 4.78 is 37.9. The molecular formula is C19H24F3N3O3. The van der Waals surface area contributed by atoms with Crippen molar-refractivity contribution in [1.29, 1.82) is 0 Å². The van der Waals surface area contributed by atoms with Gasteiger partial charge in [0.05, 0.1) is 11.7 Å². The van der Waals surface area contributed by atoms with Crippen molar-refractivity contribution in [2.24, 2.45) is 11.8 Å². The molecule has 2 unspecified atom stereocenters. The molecule has 0 bridgehead atoms. The molecule has 2 atom stereocenters. The number of carbonyl (C=O) groups excluding carboxylic acids is 2. The van der Waals surface area contributed by atoms with Crippen LogP contribution in [0.15, 0.2) is 24.3 Å². The quantitative estimate of drug-likeness (QED) is 0.712. The maximum absolute atomic E-state index is 12.6. The van der Waals surface area contributed by atoms with Crippen LogP contribution in [-0.2, 0) is 11.0 Å². The molecule has 0 spiro atoms. The van der Waals surface area contributed by atoms with E-state index in [0.29, 0.717) is 45.6 Å². The standard InChI is InChI=1S/C19H24F3N3O3/c20-19(21,22)15-3-1-13(2-4-15)18(28)25-7-5-12(6-8-25)17(27)24-10-14-9-23-11-16(14)26/h1-4,12,14,16,23,26H,5-11H2,(H,24,27). The van der Waals surface area contributed by atoms with E-state index in [1.807, 2.05) is 0 Å². The fourth-order valence-corrected chi connectivity index (χ4v) is 3.63. The minimum atomic E-state index is -4.43. The van der Waals surface area contributed by atoms with Gasteiger partial charge in [0.1, 0.15) is 0 Å². The van der Waals surface area contributed by atoms with Crippen LogP contribution in [0.3, 0.4) is 0 Å². The number of rotatable bonds is 4. The summed E-state index contributed by atoms with van der Waals surface area (Å²) in [5, 5.41) is 15.7. The third kappa shape index (κ3) is 4.82. The van der Waals surface area contributed by atoms with Crippen molar-refractivity contribution in [2.75, 3.05) is 32.7 Å². The Labute approximate surface area is 161 Å². The van der Waals surface area contributed by atoms with Gasteiger partial charge in [0.15, 0.2) is 0 Å². The molecule has 0 saturated carbocycles. The summed E-state index contributed by atoms with van der Waals surface area (Å²) in [5.41, 5.74) is -0.583. The maximum Gasteiger partial charge on any atom is 0.416 e. The molecule has 2 heterocycles. The Morgan fingerprint density at radius 3 is 2.32 bits per heavy atom. The lowest BCUT2D eigenvalue weighted by Gasteiger charge is -2.31. The molecule has 2 fully saturated rings. The second kappa shape index (κ2) is 8.48. The maximum atomic E-state index is 12.6. The lowest BCUT2D eigenvalue weighted by atomic mass is 9.95. The number of piperidine rings is 1. The number of aliphatic hydroxyl groups excluding tert-OH is 1. The fourth-order valence-electron chi connectivity index (χ4n) is 3.63. The van der Waals surface area contributed by atoms with E-state index in [-0.39, 0.29) is 29.2 Å². The highest BCUT2D eigenvalue weighted by Crippen LogP contribution is 2.29. The number of carbonyl (C=O) groups is 2. The number of β-amino-alcohol motifs (C(OH)–C–C–N with tert-alkyl or cyclic N) is 1. The Hall–Kier alpha value is -2.13. The third-order valence-corrected chi connectivity index (χ3v) is 5.45. The molecule has 28 heavy (non-hydrogen) atoms. The van der Waals surface area contributed by atoms with Gasteiger partial charge in [-0.05, 0) is 37.1 Å². The lowest BCUT2D eigenvalue weighted by molar-refractivity contribution is -0.137. The minimum Gasteiger partial charge on any atom is -0.391 e. The zero-order valence-electron chi connectivity index (χ0n) is 15.3. The van der Waals surface area contributed by atoms with E-state index in [1.165, 1.54) is 12.1 Å². The fraction of sp³-hybridized carbons (Fsp3) is 0.579. The first-order valence-corrected chi connectivity index (χ1v) is 9.38. The summed E-state index contributed by atoms with van der Waals surface area (Å²) in [7, 11) is 0. The summed E-state index contributed by atoms with van der Waals surface area (Å²) >= 11 is 0. The predicted octanol–water partition coefficient (Wildman–Crippen LogP) is 1.25. The number of halogens is 3. The van der Waals surface area contributed by atoms with E-state index in [2.05, 4.69) is 10.6 Å². The van der Waals surface area contributed by atoms with Gasteiger partial charge in [-0.3, -0.25) is 9.59 Å². The van der Waals surface area contributed by atoms with E-state index >= 15 is 0 Å². The van der Waals surface area contributed by atoms with Crippen molar-refractivity contribution in [3.05, 3.63) is 35.4 Å². The van der Waals surface area contributed by atoms with Crippen molar-refractivity contribution in [3.63, 3.8) is 0 Å². The van der Waals surface area contributed by atoms with Gasteiger partial charge in [-0.25, -0.2) is 0 Å². The predicted molar refractivity (Wildman–Crippen MR) is 95.4 cm³/mol. The molecule has 1 aromatic rings. The number of alkyl halides is 3. The highest BCUT2D eigenvalue weighted by Gasteiger charge is 2.32. The van der Waals surface area contributed by atoms with Crippen LogP contribution in [0.2, 0.25) is 0 Å². The molecule has 9 heteroatoms. The van der Waals surface area contributed by atoms with E-state index < -0.39 is 17.8 Å². The number of nitrogens with one attached hydrogen (secondary N) is 2. The molecule has 1 aromatic carbocycles. The van der Waals surface area contributed by atoms with Crippen LogP contribution in [-0.4, -0.2) is 60.6 Å². The molecule has 3 rings (SSSR count). The lowest BCUT2D eigenvalue weighted by Crippen LogP contribution is -2.44. The minimum absolute atomic E-state index is 0.00490. The second-order valence-corrected chi connectivity index (χ2v) is 7.37. The first-order chi connectivity index (χ1) is 13.3. The van der Waals surface area contributed by atoms with Gasteiger partial charge < -0.3 is 20.6 Å². The van der Waals surface area contributed by atoms with Gasteiger partial charge in [-0.1, -0.05) is 0 Å². The van der Waals surface area contributed by atoms with Gasteiger partial charge >= 0.3 is 6.18 Å². The normalized spacial score (nSPS) is 23.6. The Morgan fingerprint density at radius 2 is 1.79 bits per heavy atom. The second-order valence-electron chi connectivity index (χ2n) is 7.37. The van der Waals surface area contributed by atoms with E-state index in [0.717, 1.165) is 12.1 Å². The van der Waals surface area contributed by atoms with Crippen molar-refractivity contribution >= 4 is 11.8 Å². The molecule has 2 saturated heterocycles. The number of benzene rings is 1. The summed E-state index contributed by atoms with van der Waals surface area (Å²) in [6, 6.07) is 4.18. The SMILES string of the molecule is O=C(NCC1CNCC1O)C1CCN(C(=O)c2ccc(C(F)(F)F)cc2)CC1. The monoisotopic (exact) mass is 399 g/mol. The molecule has 0 radical (unpaired) electrons. The first-order valence-electron chi connectivity index (χ1n) is 9.38. The molecule has 2 aliphatic heterocycles. The first kappa shape index (κ1) is 20.6. The average molecular weight is 399 g/mol. The molecule has 154 valence electrons. The third-order valence-electron chi connectivity index (χ3n) is 5.45. The molecule has 0 aromatic heterocycles. The van der Waals surface area contributed by atoms with Crippen molar-refractivity contribution in [3.8, 4) is 0 Å². The van der Waals surface area contributed by atoms with Gasteiger partial charge in [0.2, 0.25) is 5.91 Å². The van der Waals surface area contributed by atoms with E-state index in [9.17, 15) is 27.9 Å². The van der Waals surface area contributed by atoms with Gasteiger partial charge in [0.25, 0.3) is 5.91 Å². The number of hydrogen-bond acceptors (Lipinski definition) is 4. The van der Waals surface area contributed by atoms with Crippen LogP contribution < -0.4 is 10.6 Å². The largest absolute Gasteiger partial charge is 0.416 e. The Kier molecular flexibility index (Phi) is 6.24. The number of hydrogen-bond donors (Lipinski definition) is 3. The molecular weight excluding hydrogens is 375 g/mol. The van der Waals surface area contributed by atoms with Gasteiger partial charge in [-0.15, -0.1) is 0 Å². The number of amides is 2.